The van der Waals surface area contributed by atoms with Crippen LogP contribution in [0, 0.1) is 5.82 Å². The molecule has 6 heteroatoms. The topological polar surface area (TPSA) is 59.0 Å². The van der Waals surface area contributed by atoms with E-state index >= 15 is 0 Å². The van der Waals surface area contributed by atoms with Crippen molar-refractivity contribution >= 4 is 6.29 Å². The number of carbonyl (C=O) groups excluding carboxylic acids is 1. The molecule has 0 radical (unpaired) electrons. The van der Waals surface area contributed by atoms with Crippen molar-refractivity contribution in [2.45, 2.75) is 31.6 Å². The lowest BCUT2D eigenvalue weighted by molar-refractivity contribution is 0.0312. The largest absolute Gasteiger partial charge is 0.490 e. The number of para-hydroxylation sites is 1. The first-order chi connectivity index (χ1) is 13.6. The molecule has 2 atom stereocenters. The standard InChI is InChI=1S/C22H26FNO4/c23-19-9-7-17(8-10-19)12-24(14-21-5-3-11-27-21)13-20(26)16-28-22-6-2-1-4-18(22)15-25/h1-2,4,6-10,15,20-21,26H,3,5,11-14,16H2. The zero-order valence-electron chi connectivity index (χ0n) is 15.8. The summed E-state index contributed by atoms with van der Waals surface area (Å²) in [5.41, 5.74) is 1.43. The van der Waals surface area contributed by atoms with Crippen molar-refractivity contribution in [3.05, 3.63) is 65.5 Å². The number of ether oxygens (including phenoxy) is 2. The van der Waals surface area contributed by atoms with E-state index in [2.05, 4.69) is 4.90 Å². The number of hydrogen-bond donors (Lipinski definition) is 1. The molecule has 0 amide bonds. The number of aliphatic hydroxyl groups excluding tert-OH is 1. The van der Waals surface area contributed by atoms with Crippen LogP contribution in [-0.4, -0.2) is 54.8 Å². The molecule has 2 aromatic carbocycles. The maximum absolute atomic E-state index is 13.2. The zero-order valence-corrected chi connectivity index (χ0v) is 15.8. The van der Waals surface area contributed by atoms with Crippen molar-refractivity contribution in [1.29, 1.82) is 0 Å². The SMILES string of the molecule is O=Cc1ccccc1OCC(O)CN(Cc1ccc(F)cc1)CC1CCCO1. The van der Waals surface area contributed by atoms with Crippen LogP contribution in [0.4, 0.5) is 4.39 Å². The lowest BCUT2D eigenvalue weighted by Gasteiger charge is -2.27. The summed E-state index contributed by atoms with van der Waals surface area (Å²) in [4.78, 5) is 13.2. The third-order valence-electron chi connectivity index (χ3n) is 4.75. The van der Waals surface area contributed by atoms with Crippen LogP contribution in [0.15, 0.2) is 48.5 Å². The van der Waals surface area contributed by atoms with E-state index in [0.29, 0.717) is 30.9 Å². The second-order valence-electron chi connectivity index (χ2n) is 7.08. The summed E-state index contributed by atoms with van der Waals surface area (Å²) in [6, 6.07) is 13.3. The second kappa shape index (κ2) is 10.3. The van der Waals surface area contributed by atoms with Gasteiger partial charge in [-0.2, -0.15) is 0 Å². The zero-order chi connectivity index (χ0) is 19.8. The van der Waals surface area contributed by atoms with Crippen molar-refractivity contribution in [2.75, 3.05) is 26.3 Å². The van der Waals surface area contributed by atoms with Crippen LogP contribution in [-0.2, 0) is 11.3 Å². The molecule has 1 saturated heterocycles. The predicted molar refractivity (Wildman–Crippen MR) is 104 cm³/mol. The summed E-state index contributed by atoms with van der Waals surface area (Å²) in [6.45, 7) is 2.52. The number of rotatable bonds is 10. The number of halogens is 1. The summed E-state index contributed by atoms with van der Waals surface area (Å²) >= 11 is 0. The van der Waals surface area contributed by atoms with E-state index in [0.717, 1.165) is 31.3 Å². The molecule has 1 heterocycles. The van der Waals surface area contributed by atoms with Gasteiger partial charge in [0.15, 0.2) is 6.29 Å². The molecule has 1 aliphatic rings. The Morgan fingerprint density at radius 2 is 2.04 bits per heavy atom. The monoisotopic (exact) mass is 387 g/mol. The molecule has 150 valence electrons. The molecular weight excluding hydrogens is 361 g/mol. The Labute approximate surface area is 164 Å². The minimum Gasteiger partial charge on any atom is -0.490 e. The maximum Gasteiger partial charge on any atom is 0.153 e. The van der Waals surface area contributed by atoms with Gasteiger partial charge in [0.2, 0.25) is 0 Å². The molecular formula is C22H26FNO4. The Kier molecular flexibility index (Phi) is 7.54. The molecule has 1 aliphatic heterocycles. The van der Waals surface area contributed by atoms with E-state index in [-0.39, 0.29) is 18.5 Å². The molecule has 5 nitrogen and oxygen atoms in total. The molecule has 3 rings (SSSR count). The summed E-state index contributed by atoms with van der Waals surface area (Å²) in [5.74, 6) is 0.192. The molecule has 0 saturated carbocycles. The molecule has 28 heavy (non-hydrogen) atoms. The van der Waals surface area contributed by atoms with Gasteiger partial charge >= 0.3 is 0 Å². The van der Waals surface area contributed by atoms with Crippen molar-refractivity contribution in [3.8, 4) is 5.75 Å². The van der Waals surface area contributed by atoms with Gasteiger partial charge in [-0.15, -0.1) is 0 Å². The van der Waals surface area contributed by atoms with Gasteiger partial charge < -0.3 is 14.6 Å². The minimum absolute atomic E-state index is 0.0797. The fourth-order valence-corrected chi connectivity index (χ4v) is 3.37. The van der Waals surface area contributed by atoms with Gasteiger partial charge in [0.25, 0.3) is 0 Å². The lowest BCUT2D eigenvalue weighted by atomic mass is 10.1. The van der Waals surface area contributed by atoms with Gasteiger partial charge in [0, 0.05) is 26.2 Å². The highest BCUT2D eigenvalue weighted by atomic mass is 19.1. The Morgan fingerprint density at radius 3 is 2.75 bits per heavy atom. The van der Waals surface area contributed by atoms with Crippen LogP contribution < -0.4 is 4.74 Å². The predicted octanol–water partition coefficient (Wildman–Crippen LogP) is 3.06. The van der Waals surface area contributed by atoms with E-state index in [9.17, 15) is 14.3 Å². The Bertz CT molecular complexity index is 746. The highest BCUT2D eigenvalue weighted by Crippen LogP contribution is 2.18. The van der Waals surface area contributed by atoms with Crippen molar-refractivity contribution in [1.82, 2.24) is 4.90 Å². The fourth-order valence-electron chi connectivity index (χ4n) is 3.37. The summed E-state index contributed by atoms with van der Waals surface area (Å²) in [5, 5.41) is 10.5. The molecule has 1 fully saturated rings. The molecule has 0 aromatic heterocycles. The number of benzene rings is 2. The number of carbonyl (C=O) groups is 1. The highest BCUT2D eigenvalue weighted by Gasteiger charge is 2.21. The Morgan fingerprint density at radius 1 is 1.25 bits per heavy atom. The summed E-state index contributed by atoms with van der Waals surface area (Å²) in [6.07, 6.45) is 2.19. The smallest absolute Gasteiger partial charge is 0.153 e. The normalized spacial score (nSPS) is 17.6. The van der Waals surface area contributed by atoms with Crippen molar-refractivity contribution in [3.63, 3.8) is 0 Å². The Balaban J connectivity index is 1.58. The first-order valence-corrected chi connectivity index (χ1v) is 9.57. The summed E-state index contributed by atoms with van der Waals surface area (Å²) < 4.78 is 24.5. The van der Waals surface area contributed by atoms with Crippen LogP contribution in [0.1, 0.15) is 28.8 Å². The van der Waals surface area contributed by atoms with Crippen LogP contribution in [0.25, 0.3) is 0 Å². The van der Waals surface area contributed by atoms with Crippen molar-refractivity contribution in [2.24, 2.45) is 0 Å². The molecule has 2 aromatic rings. The maximum atomic E-state index is 13.2. The molecule has 0 spiro atoms. The summed E-state index contributed by atoms with van der Waals surface area (Å²) in [7, 11) is 0. The molecule has 0 bridgehead atoms. The van der Waals surface area contributed by atoms with E-state index in [4.69, 9.17) is 9.47 Å². The number of nitrogens with zero attached hydrogens (tertiary/aromatic N) is 1. The minimum atomic E-state index is -0.735. The van der Waals surface area contributed by atoms with Crippen LogP contribution >= 0.6 is 0 Å². The second-order valence-corrected chi connectivity index (χ2v) is 7.08. The van der Waals surface area contributed by atoms with Gasteiger partial charge in [0.05, 0.1) is 11.7 Å². The van der Waals surface area contributed by atoms with Crippen LogP contribution in [0.5, 0.6) is 5.75 Å². The van der Waals surface area contributed by atoms with Gasteiger partial charge in [-0.3, -0.25) is 9.69 Å². The van der Waals surface area contributed by atoms with E-state index in [1.807, 2.05) is 0 Å². The third-order valence-corrected chi connectivity index (χ3v) is 4.75. The molecule has 0 aliphatic carbocycles. The van der Waals surface area contributed by atoms with E-state index in [1.165, 1.54) is 12.1 Å². The van der Waals surface area contributed by atoms with E-state index in [1.54, 1.807) is 36.4 Å². The average Bonchev–Trinajstić information content (AvgIpc) is 3.21. The number of aliphatic hydroxyl groups is 1. The third kappa shape index (κ3) is 6.12. The van der Waals surface area contributed by atoms with Crippen LogP contribution in [0.3, 0.4) is 0 Å². The first kappa shape index (κ1) is 20.5. The quantitative estimate of drug-likeness (QED) is 0.635. The lowest BCUT2D eigenvalue weighted by Crippen LogP contribution is -2.39. The number of aldehydes is 1. The van der Waals surface area contributed by atoms with Gasteiger partial charge in [0.1, 0.15) is 24.3 Å². The average molecular weight is 387 g/mol. The van der Waals surface area contributed by atoms with Crippen molar-refractivity contribution < 1.29 is 23.8 Å². The number of hydrogen-bond acceptors (Lipinski definition) is 5. The van der Waals surface area contributed by atoms with Gasteiger partial charge in [-0.25, -0.2) is 4.39 Å². The fraction of sp³-hybridized carbons (Fsp3) is 0.409. The van der Waals surface area contributed by atoms with Crippen LogP contribution in [0.2, 0.25) is 0 Å². The molecule has 1 N–H and O–H groups in total. The molecule has 2 unspecified atom stereocenters. The van der Waals surface area contributed by atoms with E-state index < -0.39 is 6.10 Å². The van der Waals surface area contributed by atoms with Gasteiger partial charge in [-0.1, -0.05) is 24.3 Å². The first-order valence-electron chi connectivity index (χ1n) is 9.57. The van der Waals surface area contributed by atoms with Gasteiger partial charge in [-0.05, 0) is 42.7 Å². The highest BCUT2D eigenvalue weighted by molar-refractivity contribution is 5.79. The Hall–Kier alpha value is -2.28.